The second-order valence-corrected chi connectivity index (χ2v) is 9.08. The van der Waals surface area contributed by atoms with Crippen molar-refractivity contribution in [2.75, 3.05) is 46.6 Å². The first-order chi connectivity index (χ1) is 15.5. The third kappa shape index (κ3) is 5.99. The van der Waals surface area contributed by atoms with Gasteiger partial charge in [0.15, 0.2) is 0 Å². The molecule has 0 spiro atoms. The molecule has 9 heteroatoms. The zero-order chi connectivity index (χ0) is 23.0. The van der Waals surface area contributed by atoms with E-state index in [1.807, 2.05) is 31.2 Å². The number of nitrogens with one attached hydrogen (secondary N) is 1. The highest BCUT2D eigenvalue weighted by Gasteiger charge is 2.24. The van der Waals surface area contributed by atoms with Crippen LogP contribution in [0, 0.1) is 0 Å². The number of methoxy groups -OCH3 is 1. The van der Waals surface area contributed by atoms with Gasteiger partial charge in [0.2, 0.25) is 10.0 Å². The van der Waals surface area contributed by atoms with Crippen molar-refractivity contribution >= 4 is 15.9 Å². The summed E-state index contributed by atoms with van der Waals surface area (Å²) in [6.45, 7) is 4.60. The average molecular weight is 463 g/mol. The van der Waals surface area contributed by atoms with Gasteiger partial charge in [-0.2, -0.15) is 0 Å². The van der Waals surface area contributed by atoms with Crippen LogP contribution in [0.15, 0.2) is 47.4 Å². The molecular weight excluding hydrogens is 432 g/mol. The molecule has 0 aliphatic carbocycles. The van der Waals surface area contributed by atoms with Crippen LogP contribution in [0.3, 0.4) is 0 Å². The Labute approximate surface area is 189 Å². The summed E-state index contributed by atoms with van der Waals surface area (Å²) in [5.41, 5.74) is 1.26. The van der Waals surface area contributed by atoms with Gasteiger partial charge in [-0.05, 0) is 49.6 Å². The van der Waals surface area contributed by atoms with Crippen LogP contribution in [0.1, 0.15) is 29.3 Å². The fraction of sp³-hybridized carbons (Fsp3) is 0.435. The molecule has 1 saturated heterocycles. The molecule has 0 atom stereocenters. The molecule has 2 aromatic carbocycles. The highest BCUT2D eigenvalue weighted by atomic mass is 32.2. The van der Waals surface area contributed by atoms with Crippen molar-refractivity contribution in [3.05, 3.63) is 53.6 Å². The number of amides is 1. The number of carbonyl (C=O) groups is 1. The van der Waals surface area contributed by atoms with E-state index in [-0.39, 0.29) is 22.9 Å². The molecule has 32 heavy (non-hydrogen) atoms. The van der Waals surface area contributed by atoms with Crippen molar-refractivity contribution < 1.29 is 27.4 Å². The van der Waals surface area contributed by atoms with Crippen molar-refractivity contribution in [3.63, 3.8) is 0 Å². The smallest absolute Gasteiger partial charge is 0.257 e. The first kappa shape index (κ1) is 24.0. The number of sulfonamides is 1. The molecule has 3 rings (SSSR count). The third-order valence-corrected chi connectivity index (χ3v) is 6.66. The van der Waals surface area contributed by atoms with Gasteiger partial charge in [-0.15, -0.1) is 0 Å². The molecule has 8 nitrogen and oxygen atoms in total. The second-order valence-electron chi connectivity index (χ2n) is 7.31. The summed E-state index contributed by atoms with van der Waals surface area (Å²) in [6.07, 6.45) is 1.29. The van der Waals surface area contributed by atoms with Crippen LogP contribution >= 0.6 is 0 Å². The quantitative estimate of drug-likeness (QED) is 0.545. The van der Waals surface area contributed by atoms with E-state index in [4.69, 9.17) is 14.2 Å². The van der Waals surface area contributed by atoms with Gasteiger partial charge in [0.05, 0.1) is 37.4 Å². The molecule has 0 saturated carbocycles. The van der Waals surface area contributed by atoms with E-state index in [0.29, 0.717) is 51.5 Å². The average Bonchev–Trinajstić information content (AvgIpc) is 2.82. The summed E-state index contributed by atoms with van der Waals surface area (Å²) >= 11 is 0. The number of hydrogen-bond donors (Lipinski definition) is 1. The number of hydrogen-bond acceptors (Lipinski definition) is 6. The van der Waals surface area contributed by atoms with Crippen LogP contribution < -0.4 is 14.2 Å². The van der Waals surface area contributed by atoms with Gasteiger partial charge in [-0.25, -0.2) is 13.1 Å². The number of carbonyl (C=O) groups excluding carboxylic acids is 1. The molecule has 2 aromatic rings. The van der Waals surface area contributed by atoms with E-state index in [1.54, 1.807) is 4.90 Å². The minimum atomic E-state index is -3.78. The molecule has 1 heterocycles. The lowest BCUT2D eigenvalue weighted by molar-refractivity contribution is 0.0300. The molecule has 1 N–H and O–H groups in total. The first-order valence-corrected chi connectivity index (χ1v) is 12.2. The summed E-state index contributed by atoms with van der Waals surface area (Å²) in [7, 11) is -2.32. The van der Waals surface area contributed by atoms with Gasteiger partial charge < -0.3 is 19.1 Å². The van der Waals surface area contributed by atoms with Gasteiger partial charge >= 0.3 is 0 Å². The Morgan fingerprint density at radius 2 is 1.88 bits per heavy atom. The highest BCUT2D eigenvalue weighted by molar-refractivity contribution is 7.89. The largest absolute Gasteiger partial charge is 0.496 e. The third-order valence-electron chi connectivity index (χ3n) is 5.20. The number of morpholine rings is 1. The van der Waals surface area contributed by atoms with Crippen LogP contribution in [0.5, 0.6) is 11.5 Å². The summed E-state index contributed by atoms with van der Waals surface area (Å²) < 4.78 is 44.5. The van der Waals surface area contributed by atoms with Crippen LogP contribution in [0.4, 0.5) is 0 Å². The standard InChI is InChI=1S/C23H30N2O6S/c1-3-31-21-9-5-4-7-18(21)8-6-12-24-32(27,28)19-10-11-22(29-2)20(17-19)23(26)25-13-15-30-16-14-25/h4-5,7,9-11,17,24H,3,6,8,12-16H2,1-2H3. The van der Waals surface area contributed by atoms with Gasteiger partial charge in [-0.1, -0.05) is 18.2 Å². The van der Waals surface area contributed by atoms with Crippen molar-refractivity contribution in [1.29, 1.82) is 0 Å². The van der Waals surface area contributed by atoms with E-state index in [2.05, 4.69) is 4.72 Å². The summed E-state index contributed by atoms with van der Waals surface area (Å²) in [6, 6.07) is 12.1. The predicted octanol–water partition coefficient (Wildman–Crippen LogP) is 2.48. The van der Waals surface area contributed by atoms with Crippen molar-refractivity contribution in [2.45, 2.75) is 24.7 Å². The lowest BCUT2D eigenvalue weighted by Gasteiger charge is -2.27. The number of ether oxygens (including phenoxy) is 3. The van der Waals surface area contributed by atoms with Crippen LogP contribution in [-0.4, -0.2) is 65.8 Å². The van der Waals surface area contributed by atoms with Crippen LogP contribution in [0.25, 0.3) is 0 Å². The Kier molecular flexibility index (Phi) is 8.49. The van der Waals surface area contributed by atoms with E-state index in [9.17, 15) is 13.2 Å². The Bertz CT molecular complexity index is 1020. The Hall–Kier alpha value is -2.62. The van der Waals surface area contributed by atoms with E-state index >= 15 is 0 Å². The zero-order valence-electron chi connectivity index (χ0n) is 18.5. The monoisotopic (exact) mass is 462 g/mol. The molecule has 1 aliphatic rings. The van der Waals surface area contributed by atoms with Crippen LogP contribution in [-0.2, 0) is 21.2 Å². The van der Waals surface area contributed by atoms with Gasteiger partial charge in [0, 0.05) is 19.6 Å². The second kappa shape index (κ2) is 11.3. The highest BCUT2D eigenvalue weighted by Crippen LogP contribution is 2.25. The van der Waals surface area contributed by atoms with E-state index in [0.717, 1.165) is 11.3 Å². The summed E-state index contributed by atoms with van der Waals surface area (Å²) in [5, 5.41) is 0. The molecule has 0 aromatic heterocycles. The molecule has 0 unspecified atom stereocenters. The van der Waals surface area contributed by atoms with E-state index in [1.165, 1.54) is 25.3 Å². The summed E-state index contributed by atoms with van der Waals surface area (Å²) in [5.74, 6) is 0.891. The van der Waals surface area contributed by atoms with Gasteiger partial charge in [0.25, 0.3) is 5.91 Å². The maximum atomic E-state index is 12.9. The topological polar surface area (TPSA) is 94.2 Å². The number of nitrogens with zero attached hydrogens (tertiary/aromatic N) is 1. The zero-order valence-corrected chi connectivity index (χ0v) is 19.3. The number of para-hydroxylation sites is 1. The predicted molar refractivity (Wildman–Crippen MR) is 121 cm³/mol. The first-order valence-electron chi connectivity index (χ1n) is 10.7. The molecule has 1 fully saturated rings. The maximum Gasteiger partial charge on any atom is 0.257 e. The van der Waals surface area contributed by atoms with E-state index < -0.39 is 10.0 Å². The van der Waals surface area contributed by atoms with Crippen LogP contribution in [0.2, 0.25) is 0 Å². The van der Waals surface area contributed by atoms with Crippen molar-refractivity contribution in [2.24, 2.45) is 0 Å². The minimum absolute atomic E-state index is 0.0321. The Morgan fingerprint density at radius 1 is 1.12 bits per heavy atom. The molecule has 0 bridgehead atoms. The van der Waals surface area contributed by atoms with Crippen molar-refractivity contribution in [1.82, 2.24) is 9.62 Å². The fourth-order valence-corrected chi connectivity index (χ4v) is 4.63. The molecule has 1 aliphatic heterocycles. The minimum Gasteiger partial charge on any atom is -0.496 e. The number of aryl methyl sites for hydroxylation is 1. The molecule has 0 radical (unpaired) electrons. The Balaban J connectivity index is 1.66. The molecule has 1 amide bonds. The SMILES string of the molecule is CCOc1ccccc1CCCNS(=O)(=O)c1ccc(OC)c(C(=O)N2CCOCC2)c1. The normalized spacial score (nSPS) is 14.2. The number of benzene rings is 2. The van der Waals surface area contributed by atoms with Gasteiger partial charge in [-0.3, -0.25) is 4.79 Å². The van der Waals surface area contributed by atoms with Gasteiger partial charge in [0.1, 0.15) is 11.5 Å². The van der Waals surface area contributed by atoms with Crippen molar-refractivity contribution in [3.8, 4) is 11.5 Å². The number of rotatable bonds is 10. The fourth-order valence-electron chi connectivity index (χ4n) is 3.53. The molecule has 174 valence electrons. The summed E-state index contributed by atoms with van der Waals surface area (Å²) in [4.78, 5) is 14.6. The Morgan fingerprint density at radius 3 is 2.59 bits per heavy atom. The lowest BCUT2D eigenvalue weighted by Crippen LogP contribution is -2.40. The molecular formula is C23H30N2O6S. The lowest BCUT2D eigenvalue weighted by atomic mass is 10.1. The maximum absolute atomic E-state index is 12.9.